The fourth-order valence-corrected chi connectivity index (χ4v) is 2.67. The minimum absolute atomic E-state index is 0.126. The molecule has 2 aromatic rings. The van der Waals surface area contributed by atoms with Gasteiger partial charge in [-0.2, -0.15) is 0 Å². The number of hydrogen-bond donors (Lipinski definition) is 1. The van der Waals surface area contributed by atoms with E-state index in [4.69, 9.17) is 21.1 Å². The van der Waals surface area contributed by atoms with E-state index in [1.165, 1.54) is 0 Å². The number of fused-ring (bicyclic) bond motifs is 1. The van der Waals surface area contributed by atoms with E-state index in [9.17, 15) is 0 Å². The number of anilines is 1. The Morgan fingerprint density at radius 2 is 1.81 bits per heavy atom. The van der Waals surface area contributed by atoms with Gasteiger partial charge in [0.2, 0.25) is 0 Å². The summed E-state index contributed by atoms with van der Waals surface area (Å²) in [7, 11) is 0. The summed E-state index contributed by atoms with van der Waals surface area (Å²) in [6.45, 7) is 5.34. The Morgan fingerprint density at radius 3 is 2.57 bits per heavy atom. The third-order valence-electron chi connectivity index (χ3n) is 3.56. The average molecular weight is 304 g/mol. The number of aryl methyl sites for hydroxylation is 1. The van der Waals surface area contributed by atoms with Crippen LogP contribution < -0.4 is 14.8 Å². The van der Waals surface area contributed by atoms with E-state index in [1.54, 1.807) is 0 Å². The number of hydrogen-bond acceptors (Lipinski definition) is 3. The molecule has 0 amide bonds. The van der Waals surface area contributed by atoms with Crippen molar-refractivity contribution in [2.45, 2.75) is 19.9 Å². The number of nitrogens with one attached hydrogen (secondary N) is 1. The third kappa shape index (κ3) is 3.08. The van der Waals surface area contributed by atoms with E-state index in [0.717, 1.165) is 33.3 Å². The molecule has 110 valence electrons. The highest BCUT2D eigenvalue weighted by Gasteiger charge is 2.15. The summed E-state index contributed by atoms with van der Waals surface area (Å²) in [6, 6.07) is 12.2. The fourth-order valence-electron chi connectivity index (χ4n) is 2.38. The van der Waals surface area contributed by atoms with Crippen molar-refractivity contribution >= 4 is 17.3 Å². The summed E-state index contributed by atoms with van der Waals surface area (Å²) in [5.41, 5.74) is 3.22. The first-order valence-electron chi connectivity index (χ1n) is 7.06. The SMILES string of the molecule is Cc1ccc(NC(C)c2ccc3c(c2)OCCO3)c(Cl)c1. The second kappa shape index (κ2) is 5.86. The molecule has 1 heterocycles. The first-order chi connectivity index (χ1) is 10.1. The largest absolute Gasteiger partial charge is 0.486 e. The molecule has 0 radical (unpaired) electrons. The van der Waals surface area contributed by atoms with Crippen molar-refractivity contribution in [2.24, 2.45) is 0 Å². The molecule has 0 bridgehead atoms. The fraction of sp³-hybridized carbons (Fsp3) is 0.294. The van der Waals surface area contributed by atoms with Crippen molar-refractivity contribution < 1.29 is 9.47 Å². The number of halogens is 1. The van der Waals surface area contributed by atoms with Gasteiger partial charge < -0.3 is 14.8 Å². The smallest absolute Gasteiger partial charge is 0.161 e. The van der Waals surface area contributed by atoms with Gasteiger partial charge in [0, 0.05) is 6.04 Å². The highest BCUT2D eigenvalue weighted by atomic mass is 35.5. The van der Waals surface area contributed by atoms with Crippen molar-refractivity contribution in [3.63, 3.8) is 0 Å². The summed E-state index contributed by atoms with van der Waals surface area (Å²) >= 11 is 6.27. The highest BCUT2D eigenvalue weighted by Crippen LogP contribution is 2.34. The molecule has 3 nitrogen and oxygen atoms in total. The molecular formula is C17H18ClNO2. The van der Waals surface area contributed by atoms with Crippen LogP contribution in [0, 0.1) is 6.92 Å². The maximum absolute atomic E-state index is 6.27. The van der Waals surface area contributed by atoms with Crippen LogP contribution in [0.2, 0.25) is 5.02 Å². The third-order valence-corrected chi connectivity index (χ3v) is 3.88. The lowest BCUT2D eigenvalue weighted by Crippen LogP contribution is -2.16. The predicted octanol–water partition coefficient (Wildman–Crippen LogP) is 4.59. The average Bonchev–Trinajstić information content (AvgIpc) is 2.49. The van der Waals surface area contributed by atoms with Crippen LogP contribution in [-0.4, -0.2) is 13.2 Å². The number of benzene rings is 2. The lowest BCUT2D eigenvalue weighted by molar-refractivity contribution is 0.171. The van der Waals surface area contributed by atoms with E-state index in [1.807, 2.05) is 43.3 Å². The first kappa shape index (κ1) is 14.1. The Bertz CT molecular complexity index is 657. The van der Waals surface area contributed by atoms with Gasteiger partial charge in [0.1, 0.15) is 13.2 Å². The van der Waals surface area contributed by atoms with Gasteiger partial charge in [0.15, 0.2) is 11.5 Å². The van der Waals surface area contributed by atoms with Crippen molar-refractivity contribution in [3.8, 4) is 11.5 Å². The molecule has 1 aliphatic rings. The standard InChI is InChI=1S/C17H18ClNO2/c1-11-3-5-15(14(18)9-11)19-12(2)13-4-6-16-17(10-13)21-8-7-20-16/h3-6,9-10,12,19H,7-8H2,1-2H3. The first-order valence-corrected chi connectivity index (χ1v) is 7.43. The zero-order valence-corrected chi connectivity index (χ0v) is 12.9. The van der Waals surface area contributed by atoms with Crippen LogP contribution in [0.1, 0.15) is 24.1 Å². The zero-order chi connectivity index (χ0) is 14.8. The van der Waals surface area contributed by atoms with Gasteiger partial charge in [-0.25, -0.2) is 0 Å². The molecule has 0 saturated carbocycles. The number of ether oxygens (including phenoxy) is 2. The molecule has 4 heteroatoms. The van der Waals surface area contributed by atoms with Crippen LogP contribution in [0.15, 0.2) is 36.4 Å². The second-order valence-electron chi connectivity index (χ2n) is 5.25. The monoisotopic (exact) mass is 303 g/mol. The topological polar surface area (TPSA) is 30.5 Å². The zero-order valence-electron chi connectivity index (χ0n) is 12.2. The van der Waals surface area contributed by atoms with E-state index in [0.29, 0.717) is 13.2 Å². The molecular weight excluding hydrogens is 286 g/mol. The van der Waals surface area contributed by atoms with Crippen LogP contribution in [0.4, 0.5) is 5.69 Å². The molecule has 0 saturated heterocycles. The van der Waals surface area contributed by atoms with Gasteiger partial charge in [0.25, 0.3) is 0 Å². The van der Waals surface area contributed by atoms with Crippen LogP contribution in [-0.2, 0) is 0 Å². The summed E-state index contributed by atoms with van der Waals surface area (Å²) in [4.78, 5) is 0. The molecule has 0 fully saturated rings. The predicted molar refractivity (Wildman–Crippen MR) is 85.7 cm³/mol. The molecule has 1 unspecified atom stereocenters. The Labute approximate surface area is 129 Å². The lowest BCUT2D eigenvalue weighted by atomic mass is 10.1. The highest BCUT2D eigenvalue weighted by molar-refractivity contribution is 6.33. The van der Waals surface area contributed by atoms with Crippen LogP contribution in [0.25, 0.3) is 0 Å². The van der Waals surface area contributed by atoms with E-state index in [2.05, 4.69) is 12.2 Å². The maximum atomic E-state index is 6.27. The molecule has 3 rings (SSSR count). The molecule has 0 aliphatic carbocycles. The number of rotatable bonds is 3. The van der Waals surface area contributed by atoms with Crippen LogP contribution in [0.5, 0.6) is 11.5 Å². The Kier molecular flexibility index (Phi) is 3.93. The van der Waals surface area contributed by atoms with Crippen molar-refractivity contribution in [2.75, 3.05) is 18.5 Å². The molecule has 1 aliphatic heterocycles. The lowest BCUT2D eigenvalue weighted by Gasteiger charge is -2.22. The quantitative estimate of drug-likeness (QED) is 0.899. The van der Waals surface area contributed by atoms with Gasteiger partial charge >= 0.3 is 0 Å². The van der Waals surface area contributed by atoms with Gasteiger partial charge in [-0.3, -0.25) is 0 Å². The van der Waals surface area contributed by atoms with Gasteiger partial charge in [-0.05, 0) is 49.2 Å². The summed E-state index contributed by atoms with van der Waals surface area (Å²) in [6.07, 6.45) is 0. The van der Waals surface area contributed by atoms with Crippen molar-refractivity contribution in [1.82, 2.24) is 0 Å². The van der Waals surface area contributed by atoms with E-state index in [-0.39, 0.29) is 6.04 Å². The van der Waals surface area contributed by atoms with E-state index < -0.39 is 0 Å². The van der Waals surface area contributed by atoms with Gasteiger partial charge in [-0.1, -0.05) is 23.7 Å². The minimum Gasteiger partial charge on any atom is -0.486 e. The maximum Gasteiger partial charge on any atom is 0.161 e. The van der Waals surface area contributed by atoms with Gasteiger partial charge in [0.05, 0.1) is 10.7 Å². The Morgan fingerprint density at radius 1 is 1.05 bits per heavy atom. The van der Waals surface area contributed by atoms with Crippen LogP contribution in [0.3, 0.4) is 0 Å². The Hall–Kier alpha value is -1.87. The molecule has 1 N–H and O–H groups in total. The Balaban J connectivity index is 1.80. The van der Waals surface area contributed by atoms with Crippen LogP contribution >= 0.6 is 11.6 Å². The molecule has 0 spiro atoms. The molecule has 21 heavy (non-hydrogen) atoms. The van der Waals surface area contributed by atoms with E-state index >= 15 is 0 Å². The van der Waals surface area contributed by atoms with Crippen molar-refractivity contribution in [3.05, 3.63) is 52.5 Å². The second-order valence-corrected chi connectivity index (χ2v) is 5.66. The summed E-state index contributed by atoms with van der Waals surface area (Å²) in [5.74, 6) is 1.62. The normalized spacial score (nSPS) is 14.6. The summed E-state index contributed by atoms with van der Waals surface area (Å²) in [5, 5.41) is 4.17. The minimum atomic E-state index is 0.126. The molecule has 1 atom stereocenters. The molecule has 0 aromatic heterocycles. The molecule has 2 aromatic carbocycles. The van der Waals surface area contributed by atoms with Gasteiger partial charge in [-0.15, -0.1) is 0 Å². The van der Waals surface area contributed by atoms with Crippen molar-refractivity contribution in [1.29, 1.82) is 0 Å². The summed E-state index contributed by atoms with van der Waals surface area (Å²) < 4.78 is 11.2.